The Labute approximate surface area is 217 Å². The Kier molecular flexibility index (Phi) is 5.69. The molecule has 0 amide bonds. The molecule has 0 aromatic heterocycles. The van der Waals surface area contributed by atoms with Crippen molar-refractivity contribution in [2.75, 3.05) is 6.61 Å². The number of benzene rings is 1. The standard InChI is InChI=1S/C29H37ClO6/c1-14-8-7-9-19(30)21(14)25(34)36-24-15(2)12-28-16(3)10-20-26(4,5)27(20,6)18(23(28)33)11-17(13-31)22(32)29(24,28)35/h7-9,11-12,16,18,20,22-24,31-33,35H,10,13H2,1-6H3. The molecule has 196 valence electrons. The van der Waals surface area contributed by atoms with Gasteiger partial charge < -0.3 is 25.2 Å². The van der Waals surface area contributed by atoms with Crippen molar-refractivity contribution < 1.29 is 30.0 Å². The van der Waals surface area contributed by atoms with E-state index < -0.39 is 47.8 Å². The molecule has 0 aliphatic heterocycles. The first-order valence-corrected chi connectivity index (χ1v) is 13.1. The van der Waals surface area contributed by atoms with Crippen LogP contribution in [0.2, 0.25) is 5.02 Å². The van der Waals surface area contributed by atoms with Crippen molar-refractivity contribution in [3.63, 3.8) is 0 Å². The Hall–Kier alpha value is -1.70. The third-order valence-corrected chi connectivity index (χ3v) is 11.1. The van der Waals surface area contributed by atoms with Gasteiger partial charge in [-0.3, -0.25) is 0 Å². The van der Waals surface area contributed by atoms with Crippen molar-refractivity contribution in [3.8, 4) is 0 Å². The highest BCUT2D eigenvalue weighted by Crippen LogP contribution is 2.79. The van der Waals surface area contributed by atoms with Crippen LogP contribution in [0.5, 0.6) is 0 Å². The van der Waals surface area contributed by atoms with E-state index >= 15 is 0 Å². The summed E-state index contributed by atoms with van der Waals surface area (Å²) in [6.45, 7) is 11.6. The number of aliphatic hydroxyl groups is 4. The van der Waals surface area contributed by atoms with Crippen LogP contribution in [0.1, 0.15) is 57.0 Å². The average Bonchev–Trinajstić information content (AvgIpc) is 3.16. The number of hydrogen-bond donors (Lipinski definition) is 4. The largest absolute Gasteiger partial charge is 0.451 e. The lowest BCUT2D eigenvalue weighted by molar-refractivity contribution is -0.216. The topological polar surface area (TPSA) is 107 Å². The third kappa shape index (κ3) is 2.85. The van der Waals surface area contributed by atoms with Crippen molar-refractivity contribution >= 4 is 17.6 Å². The highest BCUT2D eigenvalue weighted by atomic mass is 35.5. The minimum atomic E-state index is -2.08. The van der Waals surface area contributed by atoms with Gasteiger partial charge in [-0.05, 0) is 65.7 Å². The average molecular weight is 517 g/mol. The second-order valence-electron chi connectivity index (χ2n) is 12.3. The van der Waals surface area contributed by atoms with Gasteiger partial charge in [0.05, 0.1) is 28.7 Å². The van der Waals surface area contributed by atoms with Crippen molar-refractivity contribution in [1.82, 2.24) is 0 Å². The van der Waals surface area contributed by atoms with E-state index in [0.717, 1.165) is 6.42 Å². The number of esters is 1. The molecule has 2 bridgehead atoms. The highest BCUT2D eigenvalue weighted by Gasteiger charge is 2.80. The normalized spacial score (nSPS) is 44.4. The highest BCUT2D eigenvalue weighted by molar-refractivity contribution is 6.33. The van der Waals surface area contributed by atoms with Crippen molar-refractivity contribution in [1.29, 1.82) is 0 Å². The van der Waals surface area contributed by atoms with Gasteiger partial charge in [0.15, 0.2) is 6.10 Å². The lowest BCUT2D eigenvalue weighted by Gasteiger charge is -2.52. The molecule has 1 spiro atoms. The predicted octanol–water partition coefficient (Wildman–Crippen LogP) is 3.82. The van der Waals surface area contributed by atoms with E-state index in [-0.39, 0.29) is 38.8 Å². The molecule has 1 aromatic carbocycles. The number of ether oxygens (including phenoxy) is 1. The quantitative estimate of drug-likeness (QED) is 0.359. The number of aliphatic hydroxyl groups excluding tert-OH is 3. The fourth-order valence-electron chi connectivity index (χ4n) is 8.43. The van der Waals surface area contributed by atoms with E-state index in [4.69, 9.17) is 16.3 Å². The number of hydrogen-bond acceptors (Lipinski definition) is 6. The number of halogens is 1. The monoisotopic (exact) mass is 516 g/mol. The summed E-state index contributed by atoms with van der Waals surface area (Å²) in [6, 6.07) is 5.09. The number of aryl methyl sites for hydroxylation is 1. The van der Waals surface area contributed by atoms with Crippen LogP contribution >= 0.6 is 11.6 Å². The molecule has 4 aliphatic rings. The van der Waals surface area contributed by atoms with Crippen LogP contribution in [0.3, 0.4) is 0 Å². The first kappa shape index (κ1) is 25.9. The van der Waals surface area contributed by atoms with Crippen LogP contribution in [0.25, 0.3) is 0 Å². The van der Waals surface area contributed by atoms with Crippen LogP contribution in [-0.4, -0.2) is 56.9 Å². The molecule has 9 atom stereocenters. The third-order valence-electron chi connectivity index (χ3n) is 10.8. The van der Waals surface area contributed by atoms with Gasteiger partial charge in [0, 0.05) is 5.92 Å². The zero-order valence-corrected chi connectivity index (χ0v) is 22.5. The maximum Gasteiger partial charge on any atom is 0.340 e. The predicted molar refractivity (Wildman–Crippen MR) is 136 cm³/mol. The number of fused-ring (bicyclic) bond motifs is 3. The van der Waals surface area contributed by atoms with Gasteiger partial charge in [0.1, 0.15) is 11.7 Å². The summed E-state index contributed by atoms with van der Waals surface area (Å²) in [7, 11) is 0. The summed E-state index contributed by atoms with van der Waals surface area (Å²) in [5.41, 5.74) is -2.09. The van der Waals surface area contributed by atoms with Gasteiger partial charge in [-0.2, -0.15) is 0 Å². The summed E-state index contributed by atoms with van der Waals surface area (Å²) in [6.07, 6.45) is 0.483. The molecule has 1 aromatic rings. The smallest absolute Gasteiger partial charge is 0.340 e. The summed E-state index contributed by atoms with van der Waals surface area (Å²) >= 11 is 6.32. The molecule has 4 aliphatic carbocycles. The molecular formula is C29H37ClO6. The lowest BCUT2D eigenvalue weighted by Crippen LogP contribution is -2.67. The first-order chi connectivity index (χ1) is 16.7. The molecule has 0 heterocycles. The van der Waals surface area contributed by atoms with Gasteiger partial charge in [-0.1, -0.05) is 63.6 Å². The van der Waals surface area contributed by atoms with Crippen LogP contribution in [0, 0.1) is 40.9 Å². The van der Waals surface area contributed by atoms with Crippen molar-refractivity contribution in [3.05, 3.63) is 57.6 Å². The van der Waals surface area contributed by atoms with Crippen LogP contribution in [0.15, 0.2) is 41.5 Å². The van der Waals surface area contributed by atoms with Gasteiger partial charge in [-0.15, -0.1) is 0 Å². The molecule has 6 nitrogen and oxygen atoms in total. The molecule has 5 rings (SSSR count). The Balaban J connectivity index is 1.66. The maximum absolute atomic E-state index is 13.4. The fourth-order valence-corrected chi connectivity index (χ4v) is 8.73. The summed E-state index contributed by atoms with van der Waals surface area (Å²) in [4.78, 5) is 13.4. The number of rotatable bonds is 3. The lowest BCUT2D eigenvalue weighted by atomic mass is 9.57. The molecule has 2 saturated carbocycles. The van der Waals surface area contributed by atoms with Gasteiger partial charge in [0.25, 0.3) is 0 Å². The molecular weight excluding hydrogens is 480 g/mol. The Morgan fingerprint density at radius 2 is 1.86 bits per heavy atom. The molecule has 9 unspecified atom stereocenters. The maximum atomic E-state index is 13.4. The fraction of sp³-hybridized carbons (Fsp3) is 0.621. The second kappa shape index (κ2) is 7.90. The number of carbonyl (C=O) groups excluding carboxylic acids is 1. The van der Waals surface area contributed by atoms with Gasteiger partial charge in [-0.25, -0.2) is 4.79 Å². The van der Waals surface area contributed by atoms with E-state index in [1.54, 1.807) is 38.1 Å². The zero-order chi connectivity index (χ0) is 26.6. The first-order valence-electron chi connectivity index (χ1n) is 12.8. The van der Waals surface area contributed by atoms with Crippen LogP contribution in [0.4, 0.5) is 0 Å². The van der Waals surface area contributed by atoms with Crippen LogP contribution in [-0.2, 0) is 4.74 Å². The van der Waals surface area contributed by atoms with Crippen molar-refractivity contribution in [2.45, 2.75) is 71.9 Å². The minimum Gasteiger partial charge on any atom is -0.451 e. The van der Waals surface area contributed by atoms with E-state index in [0.29, 0.717) is 11.1 Å². The van der Waals surface area contributed by atoms with E-state index in [2.05, 4.69) is 20.8 Å². The summed E-state index contributed by atoms with van der Waals surface area (Å²) in [5.74, 6) is -1.07. The SMILES string of the molecule is CC1=CC23C(C)CC4C(C)(C)C4(C)C(C=C(CO)C(O)C2(O)C1OC(=O)c1c(C)cccc1Cl)C3O. The molecule has 2 fully saturated rings. The minimum absolute atomic E-state index is 0.0518. The molecule has 4 N–H and O–H groups in total. The second-order valence-corrected chi connectivity index (χ2v) is 12.7. The Morgan fingerprint density at radius 3 is 2.47 bits per heavy atom. The molecule has 0 radical (unpaired) electrons. The summed E-state index contributed by atoms with van der Waals surface area (Å²) in [5, 5.41) is 47.0. The van der Waals surface area contributed by atoms with Gasteiger partial charge in [0.2, 0.25) is 0 Å². The Morgan fingerprint density at radius 1 is 1.19 bits per heavy atom. The summed E-state index contributed by atoms with van der Waals surface area (Å²) < 4.78 is 5.97. The molecule has 36 heavy (non-hydrogen) atoms. The molecule has 7 heteroatoms. The Bertz CT molecular complexity index is 1170. The van der Waals surface area contributed by atoms with Crippen molar-refractivity contribution in [2.24, 2.45) is 34.0 Å². The van der Waals surface area contributed by atoms with E-state index in [1.807, 2.05) is 13.0 Å². The van der Waals surface area contributed by atoms with Crippen LogP contribution < -0.4 is 0 Å². The van der Waals surface area contributed by atoms with Gasteiger partial charge >= 0.3 is 5.97 Å². The molecule has 0 saturated heterocycles. The number of carbonyl (C=O) groups is 1. The zero-order valence-electron chi connectivity index (χ0n) is 21.7. The van der Waals surface area contributed by atoms with E-state index in [9.17, 15) is 25.2 Å². The van der Waals surface area contributed by atoms with E-state index in [1.165, 1.54) is 0 Å².